The number of hydrogen-bond donors (Lipinski definition) is 0. The van der Waals surface area contributed by atoms with Crippen molar-refractivity contribution in [3.05, 3.63) is 29.7 Å². The van der Waals surface area contributed by atoms with Crippen LogP contribution in [0, 0.1) is 0 Å². The lowest BCUT2D eigenvalue weighted by molar-refractivity contribution is 0.347. The van der Waals surface area contributed by atoms with Crippen LogP contribution in [0.1, 0.15) is 13.3 Å². The molecule has 0 aromatic carbocycles. The van der Waals surface area contributed by atoms with E-state index in [1.54, 1.807) is 6.07 Å². The van der Waals surface area contributed by atoms with Gasteiger partial charge in [-0.3, -0.25) is 0 Å². The Morgan fingerprint density at radius 1 is 1.46 bits per heavy atom. The number of ether oxygens (including phenoxy) is 1. The molecule has 0 aliphatic carbocycles. The van der Waals surface area contributed by atoms with Gasteiger partial charge in [-0.15, -0.1) is 0 Å². The third kappa shape index (κ3) is 3.90. The number of allylic oxidation sites excluding steroid dienone is 1. The summed E-state index contributed by atoms with van der Waals surface area (Å²) in [5, 5.41) is 0.393. The van der Waals surface area contributed by atoms with Crippen molar-refractivity contribution in [2.45, 2.75) is 13.3 Å². The molecule has 0 atom stereocenters. The molecule has 0 amide bonds. The third-order valence-corrected chi connectivity index (χ3v) is 1.55. The smallest absolute Gasteiger partial charge is 0.218 e. The summed E-state index contributed by atoms with van der Waals surface area (Å²) in [6, 6.07) is 1.58. The Balaban J connectivity index is 2.41. The van der Waals surface area contributed by atoms with Gasteiger partial charge in [-0.25, -0.2) is 9.97 Å². The van der Waals surface area contributed by atoms with Crippen molar-refractivity contribution in [3.8, 4) is 5.88 Å². The maximum absolute atomic E-state index is 5.64. The second-order valence-corrected chi connectivity index (χ2v) is 2.76. The molecule has 70 valence electrons. The molecular weight excluding hydrogens is 188 g/mol. The maximum atomic E-state index is 5.64. The number of halogens is 1. The predicted molar refractivity (Wildman–Crippen MR) is 52.0 cm³/mol. The van der Waals surface area contributed by atoms with Gasteiger partial charge in [-0.05, 0) is 6.42 Å². The molecule has 1 rings (SSSR count). The van der Waals surface area contributed by atoms with Crippen LogP contribution in [0.3, 0.4) is 0 Å². The molecule has 1 heterocycles. The largest absolute Gasteiger partial charge is 0.473 e. The van der Waals surface area contributed by atoms with Gasteiger partial charge >= 0.3 is 0 Å². The molecule has 0 fully saturated rings. The fourth-order valence-electron chi connectivity index (χ4n) is 0.764. The zero-order chi connectivity index (χ0) is 9.52. The minimum Gasteiger partial charge on any atom is -0.473 e. The van der Waals surface area contributed by atoms with Gasteiger partial charge < -0.3 is 4.74 Å². The molecule has 0 N–H and O–H groups in total. The van der Waals surface area contributed by atoms with E-state index in [0.29, 0.717) is 17.6 Å². The molecule has 13 heavy (non-hydrogen) atoms. The third-order valence-electron chi connectivity index (χ3n) is 1.34. The zero-order valence-corrected chi connectivity index (χ0v) is 8.16. The number of nitrogens with zero attached hydrogens (tertiary/aromatic N) is 2. The average Bonchev–Trinajstić information content (AvgIpc) is 2.13. The molecule has 1 aromatic heterocycles. The van der Waals surface area contributed by atoms with Gasteiger partial charge in [0, 0.05) is 6.07 Å². The molecule has 0 saturated carbocycles. The molecule has 0 radical (unpaired) electrons. The van der Waals surface area contributed by atoms with E-state index in [2.05, 4.69) is 16.9 Å². The summed E-state index contributed by atoms with van der Waals surface area (Å²) in [5.41, 5.74) is 0. The van der Waals surface area contributed by atoms with Crippen molar-refractivity contribution in [2.24, 2.45) is 0 Å². The van der Waals surface area contributed by atoms with E-state index in [1.807, 2.05) is 12.2 Å². The highest BCUT2D eigenvalue weighted by Gasteiger charge is 1.94. The Labute approximate surface area is 82.4 Å². The van der Waals surface area contributed by atoms with Crippen molar-refractivity contribution in [2.75, 3.05) is 6.61 Å². The van der Waals surface area contributed by atoms with Gasteiger partial charge in [0.2, 0.25) is 5.88 Å². The predicted octanol–water partition coefficient (Wildman–Crippen LogP) is 2.48. The van der Waals surface area contributed by atoms with Gasteiger partial charge in [0.15, 0.2) is 0 Å². The van der Waals surface area contributed by atoms with Crippen LogP contribution in [0.25, 0.3) is 0 Å². The molecule has 1 aromatic rings. The number of aromatic nitrogens is 2. The van der Waals surface area contributed by atoms with Crippen molar-refractivity contribution in [1.82, 2.24) is 9.97 Å². The van der Waals surface area contributed by atoms with Gasteiger partial charge in [0.05, 0.1) is 0 Å². The standard InChI is InChI=1S/C9H11ClN2O/c1-2-3-4-5-13-9-6-8(10)11-7-12-9/h3-4,6-7H,2,5H2,1H3/b4-3+. The maximum Gasteiger partial charge on any atom is 0.218 e. The van der Waals surface area contributed by atoms with Gasteiger partial charge in [-0.2, -0.15) is 0 Å². The van der Waals surface area contributed by atoms with E-state index in [-0.39, 0.29) is 0 Å². The molecular formula is C9H11ClN2O. The number of hydrogen-bond acceptors (Lipinski definition) is 3. The van der Waals surface area contributed by atoms with Crippen LogP contribution >= 0.6 is 11.6 Å². The topological polar surface area (TPSA) is 35.0 Å². The molecule has 0 bridgehead atoms. The van der Waals surface area contributed by atoms with Crippen LogP contribution in [0.15, 0.2) is 24.5 Å². The van der Waals surface area contributed by atoms with Crippen LogP contribution in [0.5, 0.6) is 5.88 Å². The Kier molecular flexibility index (Phi) is 4.26. The summed E-state index contributed by atoms with van der Waals surface area (Å²) in [6.45, 7) is 2.58. The van der Waals surface area contributed by atoms with E-state index in [9.17, 15) is 0 Å². The van der Waals surface area contributed by atoms with Crippen LogP contribution < -0.4 is 4.74 Å². The highest BCUT2D eigenvalue weighted by atomic mass is 35.5. The van der Waals surface area contributed by atoms with E-state index < -0.39 is 0 Å². The van der Waals surface area contributed by atoms with E-state index in [4.69, 9.17) is 16.3 Å². The van der Waals surface area contributed by atoms with E-state index in [1.165, 1.54) is 6.33 Å². The molecule has 0 aliphatic rings. The fraction of sp³-hybridized carbons (Fsp3) is 0.333. The highest BCUT2D eigenvalue weighted by Crippen LogP contribution is 2.10. The Morgan fingerprint density at radius 2 is 2.31 bits per heavy atom. The normalized spacial score (nSPS) is 10.6. The molecule has 0 aliphatic heterocycles. The molecule has 0 spiro atoms. The summed E-state index contributed by atoms with van der Waals surface area (Å²) < 4.78 is 5.27. The fourth-order valence-corrected chi connectivity index (χ4v) is 0.901. The monoisotopic (exact) mass is 198 g/mol. The summed E-state index contributed by atoms with van der Waals surface area (Å²) in [7, 11) is 0. The first-order valence-electron chi connectivity index (χ1n) is 4.08. The average molecular weight is 199 g/mol. The molecule has 0 saturated heterocycles. The lowest BCUT2D eigenvalue weighted by Crippen LogP contribution is -1.95. The Hall–Kier alpha value is -1.09. The zero-order valence-electron chi connectivity index (χ0n) is 7.40. The van der Waals surface area contributed by atoms with Gasteiger partial charge in [-0.1, -0.05) is 30.7 Å². The number of rotatable bonds is 4. The molecule has 3 nitrogen and oxygen atoms in total. The second kappa shape index (κ2) is 5.54. The summed E-state index contributed by atoms with van der Waals surface area (Å²) >= 11 is 5.64. The summed E-state index contributed by atoms with van der Waals surface area (Å²) in [5.74, 6) is 0.501. The van der Waals surface area contributed by atoms with Crippen molar-refractivity contribution >= 4 is 11.6 Å². The first-order valence-corrected chi connectivity index (χ1v) is 4.46. The van der Waals surface area contributed by atoms with Crippen LogP contribution in [0.2, 0.25) is 5.15 Å². The summed E-state index contributed by atoms with van der Waals surface area (Å²) in [4.78, 5) is 7.63. The minimum atomic E-state index is 0.393. The van der Waals surface area contributed by atoms with Crippen molar-refractivity contribution in [3.63, 3.8) is 0 Å². The SMILES string of the molecule is CC/C=C/COc1cc(Cl)ncn1. The first-order chi connectivity index (χ1) is 6.33. The van der Waals surface area contributed by atoms with Crippen molar-refractivity contribution < 1.29 is 4.74 Å². The first kappa shape index (κ1) is 9.99. The Morgan fingerprint density at radius 3 is 3.00 bits per heavy atom. The van der Waals surface area contributed by atoms with E-state index >= 15 is 0 Å². The van der Waals surface area contributed by atoms with Gasteiger partial charge in [0.1, 0.15) is 18.1 Å². The lowest BCUT2D eigenvalue weighted by atomic mass is 10.4. The molecule has 0 unspecified atom stereocenters. The minimum absolute atomic E-state index is 0.393. The van der Waals surface area contributed by atoms with Crippen molar-refractivity contribution in [1.29, 1.82) is 0 Å². The molecule has 4 heteroatoms. The van der Waals surface area contributed by atoms with Crippen LogP contribution in [0.4, 0.5) is 0 Å². The van der Waals surface area contributed by atoms with Crippen LogP contribution in [-0.2, 0) is 0 Å². The quantitative estimate of drug-likeness (QED) is 0.551. The van der Waals surface area contributed by atoms with Crippen LogP contribution in [-0.4, -0.2) is 16.6 Å². The summed E-state index contributed by atoms with van der Waals surface area (Å²) in [6.07, 6.45) is 6.36. The van der Waals surface area contributed by atoms with Gasteiger partial charge in [0.25, 0.3) is 0 Å². The second-order valence-electron chi connectivity index (χ2n) is 2.37. The lowest BCUT2D eigenvalue weighted by Gasteiger charge is -2.00. The Bertz CT molecular complexity index is 289. The van der Waals surface area contributed by atoms with E-state index in [0.717, 1.165) is 6.42 Å². The highest BCUT2D eigenvalue weighted by molar-refractivity contribution is 6.29.